The van der Waals surface area contributed by atoms with Gasteiger partial charge in [-0.15, -0.1) is 0 Å². The highest BCUT2D eigenvalue weighted by molar-refractivity contribution is 7.85. The molecule has 0 saturated carbocycles. The van der Waals surface area contributed by atoms with Crippen molar-refractivity contribution in [1.29, 1.82) is 0 Å². The van der Waals surface area contributed by atoms with Crippen molar-refractivity contribution >= 4 is 22.1 Å². The molecule has 0 fully saturated rings. The maximum absolute atomic E-state index is 10.3. The maximum Gasteiger partial charge on any atom is 0.308 e. The van der Waals surface area contributed by atoms with Crippen LogP contribution in [-0.2, 0) is 19.7 Å². The molecule has 0 rings (SSSR count). The van der Waals surface area contributed by atoms with Crippen molar-refractivity contribution < 1.29 is 32.8 Å². The van der Waals surface area contributed by atoms with Crippen LogP contribution in [0.4, 0.5) is 0 Å². The molecule has 0 spiro atoms. The quantitative estimate of drug-likeness (QED) is 0.501. The Morgan fingerprint density at radius 1 is 1.23 bits per heavy atom. The zero-order valence-electron chi connectivity index (χ0n) is 6.37. The van der Waals surface area contributed by atoms with Crippen molar-refractivity contribution in [3.8, 4) is 0 Å². The summed E-state index contributed by atoms with van der Waals surface area (Å²) in [5, 5.41) is 16.5. The van der Waals surface area contributed by atoms with Crippen LogP contribution in [0.2, 0.25) is 0 Å². The zero-order valence-corrected chi connectivity index (χ0v) is 7.19. The fraction of sp³-hybridized carbons (Fsp3) is 0.600. The van der Waals surface area contributed by atoms with Gasteiger partial charge in [-0.25, -0.2) is 0 Å². The minimum atomic E-state index is -4.46. The first-order chi connectivity index (χ1) is 5.72. The molecule has 0 radical (unpaired) electrons. The summed E-state index contributed by atoms with van der Waals surface area (Å²) in [4.78, 5) is 20.3. The van der Waals surface area contributed by atoms with Crippen LogP contribution >= 0.6 is 0 Å². The lowest BCUT2D eigenvalue weighted by molar-refractivity contribution is -0.147. The van der Waals surface area contributed by atoms with Gasteiger partial charge in [-0.1, -0.05) is 0 Å². The Bertz CT molecular complexity index is 303. The average Bonchev–Trinajstić information content (AvgIpc) is 1.81. The Labute approximate surface area is 73.7 Å². The predicted molar refractivity (Wildman–Crippen MR) is 39.8 cm³/mol. The van der Waals surface area contributed by atoms with Crippen molar-refractivity contribution in [2.45, 2.75) is 6.42 Å². The van der Waals surface area contributed by atoms with Gasteiger partial charge in [0.15, 0.2) is 0 Å². The van der Waals surface area contributed by atoms with Gasteiger partial charge in [0.2, 0.25) is 0 Å². The molecule has 1 unspecified atom stereocenters. The second-order valence-electron chi connectivity index (χ2n) is 2.38. The van der Waals surface area contributed by atoms with E-state index in [1.165, 1.54) is 0 Å². The second kappa shape index (κ2) is 4.19. The third kappa shape index (κ3) is 6.05. The van der Waals surface area contributed by atoms with Gasteiger partial charge in [0.25, 0.3) is 10.1 Å². The van der Waals surface area contributed by atoms with Crippen LogP contribution in [0.25, 0.3) is 0 Å². The largest absolute Gasteiger partial charge is 0.481 e. The number of hydrogen-bond donors (Lipinski definition) is 3. The van der Waals surface area contributed by atoms with Crippen molar-refractivity contribution in [2.24, 2.45) is 5.92 Å². The fourth-order valence-electron chi connectivity index (χ4n) is 0.683. The molecule has 0 amide bonds. The summed E-state index contributed by atoms with van der Waals surface area (Å²) in [5.74, 6) is -5.71. The third-order valence-electron chi connectivity index (χ3n) is 1.18. The molecular formula is C5H8O7S. The first-order valence-corrected chi connectivity index (χ1v) is 4.73. The van der Waals surface area contributed by atoms with Crippen LogP contribution in [0.5, 0.6) is 0 Å². The summed E-state index contributed by atoms with van der Waals surface area (Å²) in [5.41, 5.74) is 0. The molecule has 0 aromatic heterocycles. The molecule has 76 valence electrons. The summed E-state index contributed by atoms with van der Waals surface area (Å²) in [6.45, 7) is 0. The number of carboxylic acids is 2. The monoisotopic (exact) mass is 212 g/mol. The highest BCUT2D eigenvalue weighted by Crippen LogP contribution is 2.06. The van der Waals surface area contributed by atoms with E-state index in [2.05, 4.69) is 0 Å². The Balaban J connectivity index is 4.45. The minimum absolute atomic E-state index is 0.838. The van der Waals surface area contributed by atoms with Gasteiger partial charge in [-0.2, -0.15) is 8.42 Å². The summed E-state index contributed by atoms with van der Waals surface area (Å²) in [6, 6.07) is 0. The van der Waals surface area contributed by atoms with Crippen LogP contribution in [0.3, 0.4) is 0 Å². The molecule has 1 atom stereocenters. The summed E-state index contributed by atoms with van der Waals surface area (Å²) >= 11 is 0. The number of carboxylic acid groups (broad SMARTS) is 2. The van der Waals surface area contributed by atoms with Crippen molar-refractivity contribution in [3.63, 3.8) is 0 Å². The lowest BCUT2D eigenvalue weighted by atomic mass is 10.1. The van der Waals surface area contributed by atoms with Gasteiger partial charge < -0.3 is 10.2 Å². The van der Waals surface area contributed by atoms with Crippen LogP contribution in [-0.4, -0.2) is 40.9 Å². The zero-order chi connectivity index (χ0) is 10.6. The smallest absolute Gasteiger partial charge is 0.308 e. The first-order valence-electron chi connectivity index (χ1n) is 3.12. The SMILES string of the molecule is O=C(O)CC(CS(=O)(=O)O)C(=O)O. The number of carbonyl (C=O) groups is 2. The molecule has 0 aliphatic carbocycles. The van der Waals surface area contributed by atoms with E-state index in [4.69, 9.17) is 14.8 Å². The van der Waals surface area contributed by atoms with Crippen molar-refractivity contribution in [3.05, 3.63) is 0 Å². The molecular weight excluding hydrogens is 204 g/mol. The molecule has 13 heavy (non-hydrogen) atoms. The molecule has 3 N–H and O–H groups in total. The van der Waals surface area contributed by atoms with Crippen LogP contribution in [0.15, 0.2) is 0 Å². The highest BCUT2D eigenvalue weighted by Gasteiger charge is 2.26. The molecule has 7 nitrogen and oxygen atoms in total. The fourth-order valence-corrected chi connectivity index (χ4v) is 1.45. The van der Waals surface area contributed by atoms with Crippen LogP contribution in [0, 0.1) is 5.92 Å². The minimum Gasteiger partial charge on any atom is -0.481 e. The van der Waals surface area contributed by atoms with Gasteiger partial charge in [-0.3, -0.25) is 14.1 Å². The van der Waals surface area contributed by atoms with Gasteiger partial charge in [0.1, 0.15) is 0 Å². The molecule has 0 aliphatic rings. The van der Waals surface area contributed by atoms with E-state index in [0.29, 0.717) is 0 Å². The number of aliphatic carboxylic acids is 2. The van der Waals surface area contributed by atoms with Gasteiger partial charge >= 0.3 is 11.9 Å². The Morgan fingerprint density at radius 2 is 1.69 bits per heavy atom. The van der Waals surface area contributed by atoms with E-state index < -0.39 is 40.1 Å². The van der Waals surface area contributed by atoms with E-state index in [1.54, 1.807) is 0 Å². The van der Waals surface area contributed by atoms with Gasteiger partial charge in [-0.05, 0) is 0 Å². The Morgan fingerprint density at radius 3 is 1.92 bits per heavy atom. The molecule has 0 heterocycles. The van der Waals surface area contributed by atoms with Gasteiger partial charge in [0.05, 0.1) is 18.1 Å². The summed E-state index contributed by atoms with van der Waals surface area (Å²) in [6.07, 6.45) is -0.838. The third-order valence-corrected chi connectivity index (χ3v) is 2.01. The Kier molecular flexibility index (Phi) is 3.82. The summed E-state index contributed by atoms with van der Waals surface area (Å²) < 4.78 is 28.7. The first kappa shape index (κ1) is 11.8. The van der Waals surface area contributed by atoms with Crippen LogP contribution in [0.1, 0.15) is 6.42 Å². The normalized spacial score (nSPS) is 13.6. The average molecular weight is 212 g/mol. The molecule has 0 saturated heterocycles. The van der Waals surface area contributed by atoms with Crippen molar-refractivity contribution in [1.82, 2.24) is 0 Å². The molecule has 8 heteroatoms. The van der Waals surface area contributed by atoms with E-state index in [0.717, 1.165) is 0 Å². The molecule has 0 aromatic carbocycles. The Hall–Kier alpha value is -1.15. The maximum atomic E-state index is 10.3. The standard InChI is InChI=1S/C5H8O7S/c6-4(7)1-3(5(8)9)2-13(10,11)12/h3H,1-2H2,(H,6,7)(H,8,9)(H,10,11,12). The number of hydrogen-bond acceptors (Lipinski definition) is 4. The van der Waals surface area contributed by atoms with Gasteiger partial charge in [0, 0.05) is 0 Å². The van der Waals surface area contributed by atoms with E-state index in [1.807, 2.05) is 0 Å². The lowest BCUT2D eigenvalue weighted by Crippen LogP contribution is -2.25. The molecule has 0 aromatic rings. The van der Waals surface area contributed by atoms with E-state index >= 15 is 0 Å². The van der Waals surface area contributed by atoms with E-state index in [9.17, 15) is 18.0 Å². The van der Waals surface area contributed by atoms with E-state index in [-0.39, 0.29) is 0 Å². The molecule has 0 aliphatic heterocycles. The highest BCUT2D eigenvalue weighted by atomic mass is 32.2. The predicted octanol–water partition coefficient (Wildman–Crippen LogP) is -0.950. The number of rotatable bonds is 5. The molecule has 0 bridgehead atoms. The topological polar surface area (TPSA) is 129 Å². The summed E-state index contributed by atoms with van der Waals surface area (Å²) in [7, 11) is -4.46. The van der Waals surface area contributed by atoms with Crippen molar-refractivity contribution in [2.75, 3.05) is 5.75 Å². The lowest BCUT2D eigenvalue weighted by Gasteiger charge is -2.06. The van der Waals surface area contributed by atoms with Crippen LogP contribution < -0.4 is 0 Å². The second-order valence-corrected chi connectivity index (χ2v) is 3.88.